The van der Waals surface area contributed by atoms with Gasteiger partial charge in [0.15, 0.2) is 0 Å². The zero-order valence-corrected chi connectivity index (χ0v) is 12.6. The molecule has 0 aliphatic rings. The lowest BCUT2D eigenvalue weighted by molar-refractivity contribution is 0.0699. The Morgan fingerprint density at radius 3 is 2.52 bits per heavy atom. The van der Waals surface area contributed by atoms with Crippen molar-refractivity contribution in [2.24, 2.45) is 5.92 Å². The van der Waals surface area contributed by atoms with Crippen molar-refractivity contribution < 1.29 is 15.0 Å². The number of fused-ring (bicyclic) bond motifs is 2. The molecule has 0 bridgehead atoms. The summed E-state index contributed by atoms with van der Waals surface area (Å²) in [5, 5.41) is 18.4. The second-order valence-corrected chi connectivity index (χ2v) is 5.44. The first-order valence-corrected chi connectivity index (χ1v) is 7.32. The molecule has 1 atom stereocenters. The molecule has 0 aliphatic heterocycles. The van der Waals surface area contributed by atoms with Gasteiger partial charge >= 0.3 is 5.97 Å². The number of aliphatic hydroxyl groups excluding tert-OH is 1. The molecule has 116 valence electrons. The van der Waals surface area contributed by atoms with Crippen LogP contribution in [0.5, 0.6) is 0 Å². The first-order valence-electron chi connectivity index (χ1n) is 7.32. The van der Waals surface area contributed by atoms with Crippen LogP contribution in [0.3, 0.4) is 0 Å². The van der Waals surface area contributed by atoms with E-state index >= 15 is 0 Å². The fraction of sp³-hybridized carbons (Fsp3) is 0.167. The summed E-state index contributed by atoms with van der Waals surface area (Å²) in [5.41, 5.74) is 3.27. The summed E-state index contributed by atoms with van der Waals surface area (Å²) in [6.45, 7) is 1.98. The van der Waals surface area contributed by atoms with E-state index in [-0.39, 0.29) is 18.1 Å². The van der Waals surface area contributed by atoms with Crippen LogP contribution in [-0.4, -0.2) is 32.8 Å². The highest BCUT2D eigenvalue weighted by Crippen LogP contribution is 2.23. The van der Waals surface area contributed by atoms with Crippen LogP contribution < -0.4 is 0 Å². The van der Waals surface area contributed by atoms with Crippen LogP contribution in [0.4, 0.5) is 0 Å². The van der Waals surface area contributed by atoms with E-state index in [1.54, 1.807) is 12.1 Å². The van der Waals surface area contributed by atoms with Gasteiger partial charge in [0.25, 0.3) is 0 Å². The Morgan fingerprint density at radius 1 is 1.13 bits per heavy atom. The topological polar surface area (TPSA) is 83.3 Å². The van der Waals surface area contributed by atoms with Crippen molar-refractivity contribution in [2.75, 3.05) is 6.61 Å². The lowest BCUT2D eigenvalue weighted by Gasteiger charge is -2.06. The maximum Gasteiger partial charge on any atom is 0.337 e. The third kappa shape index (κ3) is 2.91. The Kier molecular flexibility index (Phi) is 4.04. The van der Waals surface area contributed by atoms with Crippen LogP contribution in [0.2, 0.25) is 0 Å². The normalized spacial score (nSPS) is 13.0. The molecule has 1 heterocycles. The molecular formula is C18H16N2O3. The van der Waals surface area contributed by atoms with Crippen molar-refractivity contribution in [3.63, 3.8) is 0 Å². The minimum atomic E-state index is -1.02. The van der Waals surface area contributed by atoms with Gasteiger partial charge in [-0.05, 0) is 24.1 Å². The quantitative estimate of drug-likeness (QED) is 0.723. The van der Waals surface area contributed by atoms with Gasteiger partial charge in [-0.1, -0.05) is 37.3 Å². The van der Waals surface area contributed by atoms with E-state index < -0.39 is 5.97 Å². The molecular weight excluding hydrogens is 292 g/mol. The molecule has 0 fully saturated rings. The minimum absolute atomic E-state index is 0.0354. The van der Waals surface area contributed by atoms with Gasteiger partial charge in [0.05, 0.1) is 22.1 Å². The Balaban J connectivity index is 2.25. The average Bonchev–Trinajstić information content (AvgIpc) is 2.57. The molecule has 1 unspecified atom stereocenters. The number of carboxylic acids is 1. The maximum atomic E-state index is 11.4. The van der Waals surface area contributed by atoms with Crippen molar-refractivity contribution >= 4 is 34.1 Å². The lowest BCUT2D eigenvalue weighted by atomic mass is 10.1. The predicted molar refractivity (Wildman–Crippen MR) is 89.3 cm³/mol. The van der Waals surface area contributed by atoms with Crippen LogP contribution in [0, 0.1) is 5.92 Å². The Labute approximate surface area is 132 Å². The SMILES string of the molecule is CC(/C=C/c1cccc2nc3cccc(C(=O)O)c3nc12)CO. The molecule has 3 rings (SSSR count). The third-order valence-electron chi connectivity index (χ3n) is 3.65. The van der Waals surface area contributed by atoms with Crippen molar-refractivity contribution in [2.45, 2.75) is 6.92 Å². The van der Waals surface area contributed by atoms with Gasteiger partial charge in [-0.15, -0.1) is 0 Å². The Morgan fingerprint density at radius 2 is 1.83 bits per heavy atom. The standard InChI is InChI=1S/C18H16N2O3/c1-11(10-21)8-9-12-4-2-6-14-16(12)20-17-13(18(22)23)5-3-7-15(17)19-14/h2-9,11,21H,10H2,1H3,(H,22,23)/b9-8+. The molecule has 0 saturated heterocycles. The second-order valence-electron chi connectivity index (χ2n) is 5.44. The van der Waals surface area contributed by atoms with Crippen LogP contribution in [0.1, 0.15) is 22.8 Å². The van der Waals surface area contributed by atoms with Crippen LogP contribution >= 0.6 is 0 Å². The highest BCUT2D eigenvalue weighted by atomic mass is 16.4. The predicted octanol–water partition coefficient (Wildman–Crippen LogP) is 3.12. The third-order valence-corrected chi connectivity index (χ3v) is 3.65. The zero-order valence-electron chi connectivity index (χ0n) is 12.6. The number of carboxylic acid groups (broad SMARTS) is 1. The van der Waals surface area contributed by atoms with Crippen LogP contribution in [0.15, 0.2) is 42.5 Å². The van der Waals surface area contributed by atoms with Crippen LogP contribution in [-0.2, 0) is 0 Å². The number of benzene rings is 2. The van der Waals surface area contributed by atoms with Crippen molar-refractivity contribution in [1.29, 1.82) is 0 Å². The number of aliphatic hydroxyl groups is 1. The van der Waals surface area contributed by atoms with E-state index in [0.29, 0.717) is 22.1 Å². The first-order chi connectivity index (χ1) is 11.1. The number of hydrogen-bond donors (Lipinski definition) is 2. The van der Waals surface area contributed by atoms with Gasteiger partial charge in [-0.3, -0.25) is 0 Å². The molecule has 2 aromatic carbocycles. The van der Waals surface area contributed by atoms with E-state index in [2.05, 4.69) is 9.97 Å². The fourth-order valence-electron chi connectivity index (χ4n) is 2.38. The summed E-state index contributed by atoms with van der Waals surface area (Å²) < 4.78 is 0. The molecule has 5 nitrogen and oxygen atoms in total. The molecule has 0 amide bonds. The first kappa shape index (κ1) is 15.1. The van der Waals surface area contributed by atoms with E-state index in [0.717, 1.165) is 5.56 Å². The van der Waals surface area contributed by atoms with E-state index in [1.807, 2.05) is 37.3 Å². The molecule has 1 aromatic heterocycles. The summed E-state index contributed by atoms with van der Waals surface area (Å²) >= 11 is 0. The molecule has 0 radical (unpaired) electrons. The largest absolute Gasteiger partial charge is 0.478 e. The lowest BCUT2D eigenvalue weighted by Crippen LogP contribution is -2.00. The van der Waals surface area contributed by atoms with Crippen molar-refractivity contribution in [1.82, 2.24) is 9.97 Å². The highest BCUT2D eigenvalue weighted by molar-refractivity contribution is 6.03. The van der Waals surface area contributed by atoms with E-state index in [4.69, 9.17) is 5.11 Å². The summed E-state index contributed by atoms with van der Waals surface area (Å²) in [7, 11) is 0. The van der Waals surface area contributed by atoms with Gasteiger partial charge in [0, 0.05) is 12.2 Å². The summed E-state index contributed by atoms with van der Waals surface area (Å²) in [5.74, 6) is -0.987. The zero-order chi connectivity index (χ0) is 16.4. The number of rotatable bonds is 4. The van der Waals surface area contributed by atoms with E-state index in [9.17, 15) is 9.90 Å². The second kappa shape index (κ2) is 6.14. The van der Waals surface area contributed by atoms with Gasteiger partial charge in [0.1, 0.15) is 5.52 Å². The number of nitrogens with zero attached hydrogens (tertiary/aromatic N) is 2. The van der Waals surface area contributed by atoms with E-state index in [1.165, 1.54) is 6.07 Å². The van der Waals surface area contributed by atoms with Crippen molar-refractivity contribution in [3.05, 3.63) is 53.6 Å². The summed E-state index contributed by atoms with van der Waals surface area (Å²) in [4.78, 5) is 20.4. The van der Waals surface area contributed by atoms with Crippen molar-refractivity contribution in [3.8, 4) is 0 Å². The number of carbonyl (C=O) groups is 1. The smallest absolute Gasteiger partial charge is 0.337 e. The molecule has 5 heteroatoms. The number of aromatic carboxylic acids is 1. The fourth-order valence-corrected chi connectivity index (χ4v) is 2.38. The minimum Gasteiger partial charge on any atom is -0.478 e. The Hall–Kier alpha value is -2.79. The average molecular weight is 308 g/mol. The number of hydrogen-bond acceptors (Lipinski definition) is 4. The molecule has 3 aromatic rings. The Bertz CT molecular complexity index is 919. The monoisotopic (exact) mass is 308 g/mol. The highest BCUT2D eigenvalue weighted by Gasteiger charge is 2.12. The van der Waals surface area contributed by atoms with Gasteiger partial charge in [-0.2, -0.15) is 0 Å². The molecule has 0 spiro atoms. The molecule has 0 aliphatic carbocycles. The summed E-state index contributed by atoms with van der Waals surface area (Å²) in [6.07, 6.45) is 3.77. The molecule has 0 saturated carbocycles. The maximum absolute atomic E-state index is 11.4. The molecule has 2 N–H and O–H groups in total. The number of para-hydroxylation sites is 2. The number of aromatic nitrogens is 2. The van der Waals surface area contributed by atoms with Gasteiger partial charge in [0.2, 0.25) is 0 Å². The molecule has 23 heavy (non-hydrogen) atoms. The van der Waals surface area contributed by atoms with Gasteiger partial charge < -0.3 is 10.2 Å². The van der Waals surface area contributed by atoms with Gasteiger partial charge in [-0.25, -0.2) is 14.8 Å². The summed E-state index contributed by atoms with van der Waals surface area (Å²) in [6, 6.07) is 10.6. The van der Waals surface area contributed by atoms with Crippen LogP contribution in [0.25, 0.3) is 28.1 Å².